The van der Waals surface area contributed by atoms with Crippen molar-refractivity contribution in [3.8, 4) is 0 Å². The van der Waals surface area contributed by atoms with E-state index >= 15 is 0 Å². The Morgan fingerprint density at radius 2 is 1.95 bits per heavy atom. The zero-order chi connectivity index (χ0) is 15.1. The van der Waals surface area contributed by atoms with Gasteiger partial charge in [-0.15, -0.1) is 0 Å². The molecule has 0 bridgehead atoms. The maximum Gasteiger partial charge on any atom is 0.310 e. The Bertz CT molecular complexity index is 668. The molecule has 20 heavy (non-hydrogen) atoms. The number of rotatable bonds is 5. The number of carboxylic acid groups (broad SMARTS) is 1. The van der Waals surface area contributed by atoms with Crippen LogP contribution in [-0.4, -0.2) is 26.0 Å². The van der Waals surface area contributed by atoms with Crippen LogP contribution in [0.1, 0.15) is 18.4 Å². The lowest BCUT2D eigenvalue weighted by Crippen LogP contribution is -2.34. The molecule has 5 nitrogen and oxygen atoms in total. The minimum atomic E-state index is -3.75. The van der Waals surface area contributed by atoms with Crippen LogP contribution in [0.2, 0.25) is 0 Å². The lowest BCUT2D eigenvalue weighted by atomic mass is 10.1. The molecule has 0 atom stereocenters. The minimum Gasteiger partial charge on any atom is -0.481 e. The second-order valence-electron chi connectivity index (χ2n) is 4.94. The fourth-order valence-electron chi connectivity index (χ4n) is 1.76. The Morgan fingerprint density at radius 1 is 1.35 bits per heavy atom. The molecule has 1 aliphatic rings. The number of nitrogens with one attached hydrogen (secondary N) is 1. The van der Waals surface area contributed by atoms with Crippen molar-refractivity contribution in [3.05, 3.63) is 26.6 Å². The van der Waals surface area contributed by atoms with Crippen molar-refractivity contribution in [2.75, 3.05) is 6.54 Å². The van der Waals surface area contributed by atoms with Gasteiger partial charge in [-0.1, -0.05) is 15.9 Å². The topological polar surface area (TPSA) is 83.5 Å². The zero-order valence-corrected chi connectivity index (χ0v) is 14.6. The summed E-state index contributed by atoms with van der Waals surface area (Å²) in [4.78, 5) is 11.1. The van der Waals surface area contributed by atoms with Crippen LogP contribution in [-0.2, 0) is 14.8 Å². The monoisotopic (exact) mass is 425 g/mol. The molecule has 0 aromatic heterocycles. The molecule has 0 radical (unpaired) electrons. The zero-order valence-electron chi connectivity index (χ0n) is 10.6. The number of benzene rings is 1. The second-order valence-corrected chi connectivity index (χ2v) is 8.39. The molecule has 0 heterocycles. The van der Waals surface area contributed by atoms with Gasteiger partial charge in [-0.05, 0) is 53.4 Å². The summed E-state index contributed by atoms with van der Waals surface area (Å²) in [7, 11) is -3.75. The van der Waals surface area contributed by atoms with Crippen molar-refractivity contribution in [2.24, 2.45) is 5.41 Å². The van der Waals surface area contributed by atoms with Crippen LogP contribution in [0, 0.1) is 12.3 Å². The number of sulfonamides is 1. The Balaban J connectivity index is 2.23. The molecule has 8 heteroatoms. The van der Waals surface area contributed by atoms with Gasteiger partial charge in [0.2, 0.25) is 10.0 Å². The van der Waals surface area contributed by atoms with Gasteiger partial charge in [0.1, 0.15) is 0 Å². The summed E-state index contributed by atoms with van der Waals surface area (Å²) in [5, 5.41) is 9.05. The minimum absolute atomic E-state index is 0.0808. The molecule has 1 aromatic carbocycles. The van der Waals surface area contributed by atoms with Crippen LogP contribution in [0.4, 0.5) is 0 Å². The van der Waals surface area contributed by atoms with E-state index in [1.807, 2.05) is 6.92 Å². The quantitative estimate of drug-likeness (QED) is 0.757. The maximum absolute atomic E-state index is 12.3. The SMILES string of the molecule is Cc1cc(Br)c(S(=O)(=O)NCC2(C(=O)O)CC2)cc1Br. The third-order valence-corrected chi connectivity index (χ3v) is 6.62. The summed E-state index contributed by atoms with van der Waals surface area (Å²) in [6.07, 6.45) is 1.01. The smallest absolute Gasteiger partial charge is 0.310 e. The average molecular weight is 427 g/mol. The van der Waals surface area contributed by atoms with Gasteiger partial charge in [-0.2, -0.15) is 0 Å². The molecule has 0 spiro atoms. The van der Waals surface area contributed by atoms with Crippen molar-refractivity contribution in [3.63, 3.8) is 0 Å². The van der Waals surface area contributed by atoms with E-state index in [2.05, 4.69) is 36.6 Å². The second kappa shape index (κ2) is 5.40. The number of carboxylic acids is 1. The van der Waals surface area contributed by atoms with Crippen molar-refractivity contribution in [2.45, 2.75) is 24.7 Å². The van der Waals surface area contributed by atoms with Crippen molar-refractivity contribution >= 4 is 47.9 Å². The van der Waals surface area contributed by atoms with Gasteiger partial charge in [0, 0.05) is 15.5 Å². The third-order valence-electron chi connectivity index (χ3n) is 3.41. The summed E-state index contributed by atoms with van der Waals surface area (Å²) in [6, 6.07) is 3.20. The molecule has 0 aliphatic heterocycles. The van der Waals surface area contributed by atoms with Crippen LogP contribution >= 0.6 is 31.9 Å². The first kappa shape index (κ1) is 15.9. The van der Waals surface area contributed by atoms with E-state index in [1.54, 1.807) is 6.07 Å². The number of carbonyl (C=O) groups is 1. The van der Waals surface area contributed by atoms with E-state index in [0.29, 0.717) is 21.8 Å². The van der Waals surface area contributed by atoms with E-state index in [1.165, 1.54) is 6.07 Å². The molecule has 110 valence electrons. The molecular weight excluding hydrogens is 414 g/mol. The first-order valence-corrected chi connectivity index (χ1v) is 8.94. The Labute approximate surface area is 134 Å². The fourth-order valence-corrected chi connectivity index (χ4v) is 4.56. The molecule has 1 saturated carbocycles. The number of hydrogen-bond acceptors (Lipinski definition) is 3. The van der Waals surface area contributed by atoms with E-state index in [0.717, 1.165) is 5.56 Å². The Hall–Kier alpha value is -0.440. The fraction of sp³-hybridized carbons (Fsp3) is 0.417. The molecule has 0 amide bonds. The highest BCUT2D eigenvalue weighted by molar-refractivity contribution is 9.11. The van der Waals surface area contributed by atoms with Gasteiger partial charge in [0.05, 0.1) is 10.3 Å². The van der Waals surface area contributed by atoms with Crippen molar-refractivity contribution in [1.29, 1.82) is 0 Å². The van der Waals surface area contributed by atoms with Gasteiger partial charge in [-0.25, -0.2) is 13.1 Å². The van der Waals surface area contributed by atoms with Crippen molar-refractivity contribution < 1.29 is 18.3 Å². The van der Waals surface area contributed by atoms with E-state index in [-0.39, 0.29) is 11.4 Å². The van der Waals surface area contributed by atoms with Gasteiger partial charge < -0.3 is 5.11 Å². The number of aliphatic carboxylic acids is 1. The molecule has 1 fully saturated rings. The average Bonchev–Trinajstić information content (AvgIpc) is 3.12. The van der Waals surface area contributed by atoms with E-state index in [4.69, 9.17) is 5.11 Å². The highest BCUT2D eigenvalue weighted by Crippen LogP contribution is 2.45. The molecule has 0 unspecified atom stereocenters. The number of hydrogen-bond donors (Lipinski definition) is 2. The molecule has 0 saturated heterocycles. The van der Waals surface area contributed by atoms with Crippen LogP contribution in [0.25, 0.3) is 0 Å². The Morgan fingerprint density at radius 3 is 2.45 bits per heavy atom. The highest BCUT2D eigenvalue weighted by Gasteiger charge is 2.50. The van der Waals surface area contributed by atoms with Crippen LogP contribution in [0.15, 0.2) is 26.0 Å². The van der Waals surface area contributed by atoms with Crippen molar-refractivity contribution in [1.82, 2.24) is 4.72 Å². The lowest BCUT2D eigenvalue weighted by Gasteiger charge is -2.13. The van der Waals surface area contributed by atoms with Gasteiger partial charge in [0.15, 0.2) is 0 Å². The largest absolute Gasteiger partial charge is 0.481 e. The van der Waals surface area contributed by atoms with E-state index in [9.17, 15) is 13.2 Å². The van der Waals surface area contributed by atoms with Crippen LogP contribution in [0.3, 0.4) is 0 Å². The predicted molar refractivity (Wildman–Crippen MR) is 81.1 cm³/mol. The predicted octanol–water partition coefficient (Wildman–Crippen LogP) is 2.66. The van der Waals surface area contributed by atoms with Gasteiger partial charge in [0.25, 0.3) is 0 Å². The normalized spacial score (nSPS) is 16.9. The summed E-state index contributed by atoms with van der Waals surface area (Å²) in [5.41, 5.74) is -0.0263. The molecular formula is C12H13Br2NO4S. The molecule has 2 rings (SSSR count). The molecule has 2 N–H and O–H groups in total. The first-order chi connectivity index (χ1) is 9.18. The first-order valence-electron chi connectivity index (χ1n) is 5.87. The summed E-state index contributed by atoms with van der Waals surface area (Å²) < 4.78 is 28.0. The highest BCUT2D eigenvalue weighted by atomic mass is 79.9. The maximum atomic E-state index is 12.3. The number of halogens is 2. The molecule has 1 aliphatic carbocycles. The van der Waals surface area contributed by atoms with E-state index < -0.39 is 21.4 Å². The van der Waals surface area contributed by atoms with Crippen LogP contribution in [0.5, 0.6) is 0 Å². The summed E-state index contributed by atoms with van der Waals surface area (Å²) in [6.45, 7) is 1.77. The third kappa shape index (κ3) is 3.08. The molecule has 1 aromatic rings. The lowest BCUT2D eigenvalue weighted by molar-refractivity contribution is -0.143. The van der Waals surface area contributed by atoms with Gasteiger partial charge in [-0.3, -0.25) is 4.79 Å². The number of aryl methyl sites for hydroxylation is 1. The summed E-state index contributed by atoms with van der Waals surface area (Å²) >= 11 is 6.52. The Kier molecular flexibility index (Phi) is 4.30. The van der Waals surface area contributed by atoms with Crippen LogP contribution < -0.4 is 4.72 Å². The standard InChI is InChI=1S/C12H13Br2NO4S/c1-7-4-9(14)10(5-8(7)13)20(18,19)15-6-12(2-3-12)11(16)17/h4-5,15H,2-3,6H2,1H3,(H,16,17). The van der Waals surface area contributed by atoms with Gasteiger partial charge >= 0.3 is 5.97 Å². The summed E-state index contributed by atoms with van der Waals surface area (Å²) in [5.74, 6) is -0.954.